The molecule has 8 heteroatoms. The minimum atomic E-state index is -0.398. The fourth-order valence-electron chi connectivity index (χ4n) is 3.91. The molecule has 2 aliphatic rings. The van der Waals surface area contributed by atoms with Gasteiger partial charge in [-0.25, -0.2) is 4.79 Å². The summed E-state index contributed by atoms with van der Waals surface area (Å²) in [4.78, 5) is 29.4. The molecule has 8 nitrogen and oxygen atoms in total. The Morgan fingerprint density at radius 3 is 2.17 bits per heavy atom. The van der Waals surface area contributed by atoms with Crippen molar-refractivity contribution in [1.82, 2.24) is 4.90 Å². The van der Waals surface area contributed by atoms with E-state index in [1.54, 1.807) is 12.1 Å². The van der Waals surface area contributed by atoms with Gasteiger partial charge in [-0.3, -0.25) is 10.1 Å². The SMILES string of the molecule is O=C(Nc1cccc(N2CCCC2)c1)N1CCN(c2ccc([N+](=O)[O-])cc2)CC1. The van der Waals surface area contributed by atoms with Crippen LogP contribution in [-0.2, 0) is 0 Å². The lowest BCUT2D eigenvalue weighted by Crippen LogP contribution is -2.50. The van der Waals surface area contributed by atoms with Crippen LogP contribution in [0.5, 0.6) is 0 Å². The normalized spacial score (nSPS) is 16.8. The highest BCUT2D eigenvalue weighted by Gasteiger charge is 2.22. The van der Waals surface area contributed by atoms with E-state index in [4.69, 9.17) is 0 Å². The summed E-state index contributed by atoms with van der Waals surface area (Å²) < 4.78 is 0. The van der Waals surface area contributed by atoms with Gasteiger partial charge in [0, 0.05) is 68.5 Å². The molecule has 2 aromatic rings. The van der Waals surface area contributed by atoms with Crippen molar-refractivity contribution >= 4 is 28.8 Å². The van der Waals surface area contributed by atoms with Gasteiger partial charge in [0.1, 0.15) is 0 Å². The van der Waals surface area contributed by atoms with E-state index in [0.29, 0.717) is 26.2 Å². The molecule has 0 radical (unpaired) electrons. The number of nitro groups is 1. The first-order valence-corrected chi connectivity index (χ1v) is 10.0. The third kappa shape index (κ3) is 4.42. The highest BCUT2D eigenvalue weighted by molar-refractivity contribution is 5.90. The first kappa shape index (κ1) is 19.0. The number of benzene rings is 2. The van der Waals surface area contributed by atoms with Crippen LogP contribution in [0.2, 0.25) is 0 Å². The van der Waals surface area contributed by atoms with Gasteiger partial charge in [-0.1, -0.05) is 6.07 Å². The van der Waals surface area contributed by atoms with Crippen molar-refractivity contribution in [2.75, 3.05) is 54.4 Å². The van der Waals surface area contributed by atoms with E-state index < -0.39 is 4.92 Å². The molecule has 1 N–H and O–H groups in total. The molecule has 2 fully saturated rings. The van der Waals surface area contributed by atoms with Crippen LogP contribution in [0.4, 0.5) is 27.5 Å². The molecule has 0 aliphatic carbocycles. The molecule has 0 unspecified atom stereocenters. The fourth-order valence-corrected chi connectivity index (χ4v) is 3.91. The first-order chi connectivity index (χ1) is 14.1. The number of nitrogens with zero attached hydrogens (tertiary/aromatic N) is 4. The Balaban J connectivity index is 1.32. The van der Waals surface area contributed by atoms with Gasteiger partial charge >= 0.3 is 6.03 Å². The molecule has 0 saturated carbocycles. The summed E-state index contributed by atoms with van der Waals surface area (Å²) in [5.74, 6) is 0. The lowest BCUT2D eigenvalue weighted by molar-refractivity contribution is -0.384. The Morgan fingerprint density at radius 2 is 1.52 bits per heavy atom. The smallest absolute Gasteiger partial charge is 0.321 e. The molecule has 4 rings (SSSR count). The Morgan fingerprint density at radius 1 is 0.862 bits per heavy atom. The number of anilines is 3. The number of piperazine rings is 1. The van der Waals surface area contributed by atoms with Gasteiger partial charge in [0.2, 0.25) is 0 Å². The predicted molar refractivity (Wildman–Crippen MR) is 114 cm³/mol. The Bertz CT molecular complexity index is 872. The maximum atomic E-state index is 12.7. The Kier molecular flexibility index (Phi) is 5.50. The number of carbonyl (C=O) groups excluding carboxylic acids is 1. The summed E-state index contributed by atoms with van der Waals surface area (Å²) in [6, 6.07) is 14.5. The second-order valence-electron chi connectivity index (χ2n) is 7.42. The van der Waals surface area contributed by atoms with E-state index in [0.717, 1.165) is 30.2 Å². The highest BCUT2D eigenvalue weighted by atomic mass is 16.6. The molecule has 2 aliphatic heterocycles. The van der Waals surface area contributed by atoms with Crippen molar-refractivity contribution in [3.05, 3.63) is 58.6 Å². The highest BCUT2D eigenvalue weighted by Crippen LogP contribution is 2.24. The maximum absolute atomic E-state index is 12.7. The summed E-state index contributed by atoms with van der Waals surface area (Å²) >= 11 is 0. The van der Waals surface area contributed by atoms with Gasteiger partial charge in [0.15, 0.2) is 0 Å². The zero-order chi connectivity index (χ0) is 20.2. The van der Waals surface area contributed by atoms with Gasteiger partial charge < -0.3 is 20.0 Å². The van der Waals surface area contributed by atoms with Crippen LogP contribution in [0.3, 0.4) is 0 Å². The number of carbonyl (C=O) groups is 1. The number of amides is 2. The lowest BCUT2D eigenvalue weighted by Gasteiger charge is -2.36. The molecule has 2 saturated heterocycles. The minimum Gasteiger partial charge on any atom is -0.371 e. The maximum Gasteiger partial charge on any atom is 0.321 e. The zero-order valence-corrected chi connectivity index (χ0v) is 16.3. The standard InChI is InChI=1S/C21H25N5O3/c27-21(22-17-4-3-5-20(16-17)23-10-1-2-11-23)25-14-12-24(13-15-25)18-6-8-19(9-7-18)26(28)29/h3-9,16H,1-2,10-15H2,(H,22,27). The van der Waals surface area contributed by atoms with Crippen LogP contribution in [-0.4, -0.2) is 55.1 Å². The molecular formula is C21H25N5O3. The Hall–Kier alpha value is -3.29. The summed E-state index contributed by atoms with van der Waals surface area (Å²) in [5.41, 5.74) is 3.00. The Labute approximate surface area is 169 Å². The van der Waals surface area contributed by atoms with E-state index in [2.05, 4.69) is 21.2 Å². The van der Waals surface area contributed by atoms with Gasteiger partial charge in [-0.05, 0) is 43.2 Å². The third-order valence-corrected chi connectivity index (χ3v) is 5.56. The van der Waals surface area contributed by atoms with Crippen LogP contribution >= 0.6 is 0 Å². The van der Waals surface area contributed by atoms with Crippen molar-refractivity contribution in [3.63, 3.8) is 0 Å². The summed E-state index contributed by atoms with van der Waals surface area (Å²) in [6.45, 7) is 4.74. The number of urea groups is 1. The average Bonchev–Trinajstić information content (AvgIpc) is 3.29. The number of non-ortho nitro benzene ring substituents is 1. The summed E-state index contributed by atoms with van der Waals surface area (Å²) in [5, 5.41) is 13.8. The lowest BCUT2D eigenvalue weighted by atomic mass is 10.2. The molecule has 0 aromatic heterocycles. The van der Waals surface area contributed by atoms with E-state index in [9.17, 15) is 14.9 Å². The monoisotopic (exact) mass is 395 g/mol. The predicted octanol–water partition coefficient (Wildman–Crippen LogP) is 3.55. The van der Waals surface area contributed by atoms with Crippen molar-refractivity contribution in [2.24, 2.45) is 0 Å². The molecule has 152 valence electrons. The molecule has 0 bridgehead atoms. The quantitative estimate of drug-likeness (QED) is 0.632. The van der Waals surface area contributed by atoms with Crippen molar-refractivity contribution < 1.29 is 9.72 Å². The van der Waals surface area contributed by atoms with Gasteiger partial charge in [0.05, 0.1) is 4.92 Å². The minimum absolute atomic E-state index is 0.0860. The van der Waals surface area contributed by atoms with E-state index >= 15 is 0 Å². The van der Waals surface area contributed by atoms with Crippen LogP contribution < -0.4 is 15.1 Å². The van der Waals surface area contributed by atoms with Crippen molar-refractivity contribution in [1.29, 1.82) is 0 Å². The average molecular weight is 395 g/mol. The molecule has 0 spiro atoms. The zero-order valence-electron chi connectivity index (χ0n) is 16.3. The van der Waals surface area contributed by atoms with Gasteiger partial charge in [-0.2, -0.15) is 0 Å². The summed E-state index contributed by atoms with van der Waals surface area (Å²) in [7, 11) is 0. The van der Waals surface area contributed by atoms with E-state index in [1.807, 2.05) is 23.1 Å². The number of hydrogen-bond acceptors (Lipinski definition) is 5. The molecule has 0 atom stereocenters. The first-order valence-electron chi connectivity index (χ1n) is 10.0. The molecule has 2 amide bonds. The molecular weight excluding hydrogens is 370 g/mol. The topological polar surface area (TPSA) is 82.0 Å². The number of nitrogens with one attached hydrogen (secondary N) is 1. The third-order valence-electron chi connectivity index (χ3n) is 5.56. The number of rotatable bonds is 4. The number of hydrogen-bond donors (Lipinski definition) is 1. The van der Waals surface area contributed by atoms with E-state index in [1.165, 1.54) is 25.0 Å². The largest absolute Gasteiger partial charge is 0.371 e. The molecule has 2 heterocycles. The number of nitro benzene ring substituents is 1. The molecule has 29 heavy (non-hydrogen) atoms. The van der Waals surface area contributed by atoms with E-state index in [-0.39, 0.29) is 11.7 Å². The van der Waals surface area contributed by atoms with Crippen molar-refractivity contribution in [2.45, 2.75) is 12.8 Å². The van der Waals surface area contributed by atoms with Crippen LogP contribution in [0.15, 0.2) is 48.5 Å². The van der Waals surface area contributed by atoms with Crippen molar-refractivity contribution in [3.8, 4) is 0 Å². The second kappa shape index (κ2) is 8.38. The van der Waals surface area contributed by atoms with Gasteiger partial charge in [0.25, 0.3) is 5.69 Å². The van der Waals surface area contributed by atoms with Crippen LogP contribution in [0.25, 0.3) is 0 Å². The molecule has 2 aromatic carbocycles. The van der Waals surface area contributed by atoms with Crippen LogP contribution in [0, 0.1) is 10.1 Å². The van der Waals surface area contributed by atoms with Crippen LogP contribution in [0.1, 0.15) is 12.8 Å². The van der Waals surface area contributed by atoms with Gasteiger partial charge in [-0.15, -0.1) is 0 Å². The second-order valence-corrected chi connectivity index (χ2v) is 7.42. The fraction of sp³-hybridized carbons (Fsp3) is 0.381. The summed E-state index contributed by atoms with van der Waals surface area (Å²) in [6.07, 6.45) is 2.44.